The Morgan fingerprint density at radius 2 is 1.89 bits per heavy atom. The van der Waals surface area contributed by atoms with Crippen LogP contribution in [0.3, 0.4) is 0 Å². The molecule has 6 nitrogen and oxygen atoms in total. The van der Waals surface area contributed by atoms with Gasteiger partial charge in [0.25, 0.3) is 5.91 Å². The minimum Gasteiger partial charge on any atom is -0.492 e. The third kappa shape index (κ3) is 3.44. The van der Waals surface area contributed by atoms with Crippen molar-refractivity contribution < 1.29 is 23.1 Å². The van der Waals surface area contributed by atoms with Crippen molar-refractivity contribution in [2.45, 2.75) is 12.5 Å². The second-order valence-corrected chi connectivity index (χ2v) is 6.12. The minimum absolute atomic E-state index is 0.0209. The van der Waals surface area contributed by atoms with E-state index >= 15 is 0 Å². The molecular weight excluding hydrogens is 356 g/mol. The average molecular weight is 371 g/mol. The molecule has 1 unspecified atom stereocenters. The van der Waals surface area contributed by atoms with Crippen LogP contribution in [0.1, 0.15) is 18.1 Å². The van der Waals surface area contributed by atoms with Crippen molar-refractivity contribution in [3.8, 4) is 11.8 Å². The van der Waals surface area contributed by atoms with Crippen LogP contribution in [-0.2, 0) is 10.3 Å². The lowest BCUT2D eigenvalue weighted by Crippen LogP contribution is -2.42. The van der Waals surface area contributed by atoms with E-state index in [1.807, 2.05) is 6.07 Å². The number of nitriles is 1. The first-order chi connectivity index (χ1) is 12.8. The molecule has 27 heavy (non-hydrogen) atoms. The van der Waals surface area contributed by atoms with Gasteiger partial charge in [-0.1, -0.05) is 6.07 Å². The number of ether oxygens (including phenoxy) is 1. The fourth-order valence-corrected chi connectivity index (χ4v) is 2.86. The zero-order valence-corrected chi connectivity index (χ0v) is 14.3. The van der Waals surface area contributed by atoms with E-state index in [1.165, 1.54) is 6.92 Å². The van der Waals surface area contributed by atoms with Crippen LogP contribution in [0.25, 0.3) is 0 Å². The van der Waals surface area contributed by atoms with E-state index in [1.54, 1.807) is 24.3 Å². The number of carbonyl (C=O) groups excluding carboxylic acids is 2. The molecule has 1 aliphatic rings. The van der Waals surface area contributed by atoms with Crippen LogP contribution in [0, 0.1) is 23.0 Å². The summed E-state index contributed by atoms with van der Waals surface area (Å²) in [5, 5.41) is 11.2. The van der Waals surface area contributed by atoms with Gasteiger partial charge in [-0.2, -0.15) is 5.26 Å². The first-order valence-electron chi connectivity index (χ1n) is 8.08. The monoisotopic (exact) mass is 371 g/mol. The third-order valence-corrected chi connectivity index (χ3v) is 4.31. The normalized spacial score (nSPS) is 19.0. The summed E-state index contributed by atoms with van der Waals surface area (Å²) < 4.78 is 32.7. The van der Waals surface area contributed by atoms with Gasteiger partial charge in [0.05, 0.1) is 18.2 Å². The van der Waals surface area contributed by atoms with Crippen LogP contribution in [0.15, 0.2) is 42.5 Å². The predicted molar refractivity (Wildman–Crippen MR) is 90.6 cm³/mol. The van der Waals surface area contributed by atoms with Crippen LogP contribution in [0.2, 0.25) is 0 Å². The molecule has 2 aromatic carbocycles. The maximum Gasteiger partial charge on any atom is 0.325 e. The number of halogens is 2. The molecule has 0 saturated carbocycles. The quantitative estimate of drug-likeness (QED) is 0.820. The van der Waals surface area contributed by atoms with Gasteiger partial charge in [0.2, 0.25) is 0 Å². The van der Waals surface area contributed by atoms with Crippen molar-refractivity contribution in [2.24, 2.45) is 0 Å². The standard InChI is InChI=1S/C19H15F2N3O3/c1-19(15-7-4-13(20)10-16(15)21)17(25)24(18(26)23-19)8-9-27-14-5-2-12(11-22)3-6-14/h2-7,10H,8-9H2,1H3,(H,23,26). The Kier molecular flexibility index (Phi) is 4.77. The van der Waals surface area contributed by atoms with Gasteiger partial charge < -0.3 is 10.1 Å². The zero-order valence-electron chi connectivity index (χ0n) is 14.3. The highest BCUT2D eigenvalue weighted by atomic mass is 19.1. The summed E-state index contributed by atoms with van der Waals surface area (Å²) in [5.41, 5.74) is -1.25. The number of hydrogen-bond acceptors (Lipinski definition) is 4. The molecule has 0 aromatic heterocycles. The number of carbonyl (C=O) groups is 2. The lowest BCUT2D eigenvalue weighted by molar-refractivity contribution is -0.131. The number of rotatable bonds is 5. The molecule has 3 amide bonds. The van der Waals surface area contributed by atoms with Crippen molar-refractivity contribution in [3.05, 3.63) is 65.2 Å². The number of imide groups is 1. The summed E-state index contributed by atoms with van der Waals surface area (Å²) >= 11 is 0. The fraction of sp³-hybridized carbons (Fsp3) is 0.211. The summed E-state index contributed by atoms with van der Waals surface area (Å²) in [4.78, 5) is 25.8. The minimum atomic E-state index is -1.62. The fourth-order valence-electron chi connectivity index (χ4n) is 2.86. The number of nitrogens with one attached hydrogen (secondary N) is 1. The van der Waals surface area contributed by atoms with Crippen LogP contribution in [0.4, 0.5) is 13.6 Å². The van der Waals surface area contributed by atoms with Crippen LogP contribution < -0.4 is 10.1 Å². The number of hydrogen-bond donors (Lipinski definition) is 1. The number of benzene rings is 2. The molecule has 1 heterocycles. The van der Waals surface area contributed by atoms with Crippen molar-refractivity contribution in [3.63, 3.8) is 0 Å². The second kappa shape index (κ2) is 7.03. The van der Waals surface area contributed by atoms with E-state index < -0.39 is 29.1 Å². The van der Waals surface area contributed by atoms with Gasteiger partial charge in [-0.25, -0.2) is 13.6 Å². The van der Waals surface area contributed by atoms with Crippen LogP contribution in [0.5, 0.6) is 5.75 Å². The largest absolute Gasteiger partial charge is 0.492 e. The maximum atomic E-state index is 14.1. The van der Waals surface area contributed by atoms with Gasteiger partial charge in [0.15, 0.2) is 0 Å². The zero-order chi connectivity index (χ0) is 19.6. The Morgan fingerprint density at radius 3 is 2.52 bits per heavy atom. The summed E-state index contributed by atoms with van der Waals surface area (Å²) in [6, 6.07) is 10.5. The van der Waals surface area contributed by atoms with E-state index in [0.717, 1.165) is 17.0 Å². The van der Waals surface area contributed by atoms with E-state index in [9.17, 15) is 18.4 Å². The molecule has 1 N–H and O–H groups in total. The van der Waals surface area contributed by atoms with E-state index in [0.29, 0.717) is 17.4 Å². The molecule has 1 fully saturated rings. The molecule has 1 aliphatic heterocycles. The smallest absolute Gasteiger partial charge is 0.325 e. The predicted octanol–water partition coefficient (Wildman–Crippen LogP) is 2.68. The molecule has 0 bridgehead atoms. The Labute approximate surface area is 154 Å². The number of urea groups is 1. The Balaban J connectivity index is 1.69. The van der Waals surface area contributed by atoms with Gasteiger partial charge in [-0.05, 0) is 37.3 Å². The molecule has 2 aromatic rings. The Bertz CT molecular complexity index is 940. The summed E-state index contributed by atoms with van der Waals surface area (Å²) in [5.74, 6) is -1.86. The first-order valence-corrected chi connectivity index (χ1v) is 8.08. The Hall–Kier alpha value is -3.47. The lowest BCUT2D eigenvalue weighted by atomic mass is 9.91. The SMILES string of the molecule is CC1(c2ccc(F)cc2F)NC(=O)N(CCOc2ccc(C#N)cc2)C1=O. The maximum absolute atomic E-state index is 14.1. The Morgan fingerprint density at radius 1 is 1.19 bits per heavy atom. The van der Waals surface area contributed by atoms with Crippen LogP contribution in [-0.4, -0.2) is 30.0 Å². The molecule has 0 aliphatic carbocycles. The van der Waals surface area contributed by atoms with E-state index in [2.05, 4.69) is 5.32 Å². The van der Waals surface area contributed by atoms with Crippen molar-refractivity contribution >= 4 is 11.9 Å². The highest BCUT2D eigenvalue weighted by molar-refractivity contribution is 6.07. The first kappa shape index (κ1) is 18.3. The van der Waals surface area contributed by atoms with Gasteiger partial charge in [-0.3, -0.25) is 9.69 Å². The molecule has 0 spiro atoms. The molecule has 3 rings (SSSR count). The number of nitrogens with zero attached hydrogens (tertiary/aromatic N) is 2. The van der Waals surface area contributed by atoms with Gasteiger partial charge >= 0.3 is 6.03 Å². The van der Waals surface area contributed by atoms with E-state index in [4.69, 9.17) is 10.00 Å². The van der Waals surface area contributed by atoms with E-state index in [-0.39, 0.29) is 18.7 Å². The van der Waals surface area contributed by atoms with Crippen molar-refractivity contribution in [1.82, 2.24) is 10.2 Å². The highest BCUT2D eigenvalue weighted by Gasteiger charge is 2.50. The van der Waals surface area contributed by atoms with Gasteiger partial charge in [0, 0.05) is 11.6 Å². The summed E-state index contributed by atoms with van der Waals surface area (Å²) in [6.45, 7) is 1.33. The second-order valence-electron chi connectivity index (χ2n) is 6.12. The van der Waals surface area contributed by atoms with Gasteiger partial charge in [-0.15, -0.1) is 0 Å². The summed E-state index contributed by atoms with van der Waals surface area (Å²) in [6.07, 6.45) is 0. The lowest BCUT2D eigenvalue weighted by Gasteiger charge is -2.22. The molecule has 138 valence electrons. The molecular formula is C19H15F2N3O3. The van der Waals surface area contributed by atoms with Crippen LogP contribution >= 0.6 is 0 Å². The molecule has 1 atom stereocenters. The molecule has 8 heteroatoms. The molecule has 1 saturated heterocycles. The highest BCUT2D eigenvalue weighted by Crippen LogP contribution is 2.30. The topological polar surface area (TPSA) is 82.4 Å². The molecule has 0 radical (unpaired) electrons. The van der Waals surface area contributed by atoms with Crippen molar-refractivity contribution in [1.29, 1.82) is 5.26 Å². The average Bonchev–Trinajstić information content (AvgIpc) is 2.85. The third-order valence-electron chi connectivity index (χ3n) is 4.31. The van der Waals surface area contributed by atoms with Gasteiger partial charge in [0.1, 0.15) is 29.5 Å². The summed E-state index contributed by atoms with van der Waals surface area (Å²) in [7, 11) is 0. The number of amides is 3. The van der Waals surface area contributed by atoms with Crippen molar-refractivity contribution in [2.75, 3.05) is 13.2 Å².